The highest BCUT2D eigenvalue weighted by Crippen LogP contribution is 2.43. The van der Waals surface area contributed by atoms with Crippen molar-refractivity contribution in [1.29, 1.82) is 0 Å². The number of aryl methyl sites for hydroxylation is 2. The van der Waals surface area contributed by atoms with Crippen molar-refractivity contribution in [1.82, 2.24) is 5.32 Å². The fraction of sp³-hybridized carbons (Fsp3) is 0.667. The first-order chi connectivity index (χ1) is 9.52. The topological polar surface area (TPSA) is 21.3 Å². The molecule has 1 aliphatic rings. The fourth-order valence-electron chi connectivity index (χ4n) is 3.79. The number of hydrogen-bond donors (Lipinski definition) is 1. The molecule has 0 bridgehead atoms. The van der Waals surface area contributed by atoms with Gasteiger partial charge in [0, 0.05) is 7.11 Å². The molecular formula is C18H29NO. The summed E-state index contributed by atoms with van der Waals surface area (Å²) in [5.74, 6) is 0.742. The summed E-state index contributed by atoms with van der Waals surface area (Å²) in [6.45, 7) is 6.71. The lowest BCUT2D eigenvalue weighted by Gasteiger charge is -2.44. The van der Waals surface area contributed by atoms with Gasteiger partial charge in [-0.25, -0.2) is 0 Å². The quantitative estimate of drug-likeness (QED) is 0.891. The molecular weight excluding hydrogens is 246 g/mol. The number of ether oxygens (including phenoxy) is 1. The second kappa shape index (κ2) is 6.28. The molecule has 3 atom stereocenters. The zero-order chi connectivity index (χ0) is 14.8. The third kappa shape index (κ3) is 2.91. The van der Waals surface area contributed by atoms with Crippen LogP contribution in [-0.2, 0) is 4.74 Å². The van der Waals surface area contributed by atoms with E-state index in [9.17, 15) is 0 Å². The third-order valence-electron chi connectivity index (χ3n) is 5.08. The van der Waals surface area contributed by atoms with Crippen LogP contribution in [0.4, 0.5) is 0 Å². The highest BCUT2D eigenvalue weighted by Gasteiger charge is 2.42. The van der Waals surface area contributed by atoms with Crippen molar-refractivity contribution in [2.45, 2.75) is 58.1 Å². The van der Waals surface area contributed by atoms with E-state index in [0.717, 1.165) is 18.8 Å². The van der Waals surface area contributed by atoms with Gasteiger partial charge in [0.15, 0.2) is 0 Å². The zero-order valence-electron chi connectivity index (χ0n) is 13.6. The molecule has 1 aromatic rings. The smallest absolute Gasteiger partial charge is 0.0874 e. The third-order valence-corrected chi connectivity index (χ3v) is 5.08. The molecule has 0 radical (unpaired) electrons. The average molecular weight is 275 g/mol. The molecule has 2 nitrogen and oxygen atoms in total. The summed E-state index contributed by atoms with van der Waals surface area (Å²) < 4.78 is 6.06. The largest absolute Gasteiger partial charge is 0.376 e. The zero-order valence-corrected chi connectivity index (χ0v) is 13.6. The Labute approximate surface area is 123 Å². The van der Waals surface area contributed by atoms with Gasteiger partial charge in [0.05, 0.1) is 11.6 Å². The number of methoxy groups -OCH3 is 1. The Balaban J connectivity index is 2.35. The van der Waals surface area contributed by atoms with Crippen molar-refractivity contribution in [2.75, 3.05) is 14.2 Å². The van der Waals surface area contributed by atoms with Crippen molar-refractivity contribution >= 4 is 0 Å². The Hall–Kier alpha value is -0.860. The second-order valence-electron chi connectivity index (χ2n) is 6.54. The Morgan fingerprint density at radius 2 is 2.05 bits per heavy atom. The number of nitrogens with one attached hydrogen (secondary N) is 1. The summed E-state index contributed by atoms with van der Waals surface area (Å²) >= 11 is 0. The van der Waals surface area contributed by atoms with E-state index in [2.05, 4.69) is 51.3 Å². The first-order valence-electron chi connectivity index (χ1n) is 7.82. The highest BCUT2D eigenvalue weighted by molar-refractivity contribution is 5.33. The van der Waals surface area contributed by atoms with E-state index in [4.69, 9.17) is 4.74 Å². The Morgan fingerprint density at radius 3 is 2.60 bits per heavy atom. The van der Waals surface area contributed by atoms with Crippen LogP contribution in [0.1, 0.15) is 55.3 Å². The van der Waals surface area contributed by atoms with E-state index >= 15 is 0 Å². The van der Waals surface area contributed by atoms with E-state index in [1.165, 1.54) is 29.5 Å². The van der Waals surface area contributed by atoms with Crippen LogP contribution >= 0.6 is 0 Å². The van der Waals surface area contributed by atoms with Crippen molar-refractivity contribution in [3.05, 3.63) is 34.9 Å². The van der Waals surface area contributed by atoms with Crippen LogP contribution in [0.5, 0.6) is 0 Å². The minimum absolute atomic E-state index is 0.0614. The maximum Gasteiger partial charge on any atom is 0.0874 e. The normalized spacial score (nSPS) is 28.4. The van der Waals surface area contributed by atoms with Gasteiger partial charge in [0.1, 0.15) is 0 Å². The Kier molecular flexibility index (Phi) is 4.87. The van der Waals surface area contributed by atoms with Crippen LogP contribution in [-0.4, -0.2) is 19.8 Å². The molecule has 112 valence electrons. The molecule has 1 fully saturated rings. The summed E-state index contributed by atoms with van der Waals surface area (Å²) in [4.78, 5) is 0. The van der Waals surface area contributed by atoms with Crippen LogP contribution < -0.4 is 5.32 Å². The number of rotatable bonds is 4. The molecule has 0 amide bonds. The van der Waals surface area contributed by atoms with Gasteiger partial charge in [0.25, 0.3) is 0 Å². The molecule has 1 saturated carbocycles. The lowest BCUT2D eigenvalue weighted by molar-refractivity contribution is -0.0790. The van der Waals surface area contributed by atoms with E-state index < -0.39 is 0 Å². The molecule has 0 aliphatic heterocycles. The van der Waals surface area contributed by atoms with Crippen LogP contribution in [0.3, 0.4) is 0 Å². The summed E-state index contributed by atoms with van der Waals surface area (Å²) in [6, 6.07) is 7.07. The minimum atomic E-state index is -0.0614. The number of benzene rings is 1. The minimum Gasteiger partial charge on any atom is -0.376 e. The van der Waals surface area contributed by atoms with E-state index in [1.807, 2.05) is 7.11 Å². The molecule has 1 aliphatic carbocycles. The lowest BCUT2D eigenvalue weighted by Crippen LogP contribution is -2.47. The van der Waals surface area contributed by atoms with Gasteiger partial charge < -0.3 is 10.1 Å². The van der Waals surface area contributed by atoms with Gasteiger partial charge in [0.2, 0.25) is 0 Å². The predicted octanol–water partition coefficient (Wildman–Crippen LogP) is 4.16. The SMILES string of the molecule is CNC(c1ccc(C)c(C)c1)C1(OC)CCCC(C)C1. The predicted molar refractivity (Wildman–Crippen MR) is 85.1 cm³/mol. The Bertz CT molecular complexity index is 457. The lowest BCUT2D eigenvalue weighted by atomic mass is 9.72. The maximum absolute atomic E-state index is 6.06. The van der Waals surface area contributed by atoms with Gasteiger partial charge in [-0.15, -0.1) is 0 Å². The first-order valence-corrected chi connectivity index (χ1v) is 7.82. The van der Waals surface area contributed by atoms with E-state index in [0.29, 0.717) is 0 Å². The molecule has 2 rings (SSSR count). The first kappa shape index (κ1) is 15.5. The molecule has 0 aromatic heterocycles. The Morgan fingerprint density at radius 1 is 1.30 bits per heavy atom. The van der Waals surface area contributed by atoms with Crippen molar-refractivity contribution in [3.8, 4) is 0 Å². The van der Waals surface area contributed by atoms with Crippen LogP contribution in [0, 0.1) is 19.8 Å². The monoisotopic (exact) mass is 275 g/mol. The molecule has 0 saturated heterocycles. The highest BCUT2D eigenvalue weighted by atomic mass is 16.5. The standard InChI is InChI=1S/C18H29NO/c1-13-7-6-10-18(12-13,20-5)17(19-4)16-9-8-14(2)15(3)11-16/h8-9,11,13,17,19H,6-7,10,12H2,1-5H3. The molecule has 0 spiro atoms. The van der Waals surface area contributed by atoms with Crippen molar-refractivity contribution in [2.24, 2.45) is 5.92 Å². The van der Waals surface area contributed by atoms with Gasteiger partial charge in [-0.1, -0.05) is 38.0 Å². The molecule has 20 heavy (non-hydrogen) atoms. The molecule has 3 unspecified atom stereocenters. The molecule has 1 N–H and O–H groups in total. The average Bonchev–Trinajstić information content (AvgIpc) is 2.43. The molecule has 0 heterocycles. The van der Waals surface area contributed by atoms with Gasteiger partial charge in [-0.3, -0.25) is 0 Å². The van der Waals surface area contributed by atoms with Crippen molar-refractivity contribution < 1.29 is 4.74 Å². The molecule has 1 aromatic carbocycles. The molecule has 2 heteroatoms. The van der Waals surface area contributed by atoms with Gasteiger partial charge >= 0.3 is 0 Å². The van der Waals surface area contributed by atoms with Crippen molar-refractivity contribution in [3.63, 3.8) is 0 Å². The fourth-order valence-corrected chi connectivity index (χ4v) is 3.79. The number of hydrogen-bond acceptors (Lipinski definition) is 2. The van der Waals surface area contributed by atoms with Crippen LogP contribution in [0.25, 0.3) is 0 Å². The maximum atomic E-state index is 6.06. The number of likely N-dealkylation sites (N-methyl/N-ethyl adjacent to an activating group) is 1. The summed E-state index contributed by atoms with van der Waals surface area (Å²) in [5.41, 5.74) is 4.00. The van der Waals surface area contributed by atoms with E-state index in [1.54, 1.807) is 0 Å². The van der Waals surface area contributed by atoms with E-state index in [-0.39, 0.29) is 11.6 Å². The summed E-state index contributed by atoms with van der Waals surface area (Å²) in [6.07, 6.45) is 4.88. The summed E-state index contributed by atoms with van der Waals surface area (Å²) in [5, 5.41) is 3.52. The summed E-state index contributed by atoms with van der Waals surface area (Å²) in [7, 11) is 3.93. The van der Waals surface area contributed by atoms with Crippen LogP contribution in [0.2, 0.25) is 0 Å². The van der Waals surface area contributed by atoms with Crippen LogP contribution in [0.15, 0.2) is 18.2 Å². The second-order valence-corrected chi connectivity index (χ2v) is 6.54. The van der Waals surface area contributed by atoms with Gasteiger partial charge in [-0.05, 0) is 56.3 Å². The van der Waals surface area contributed by atoms with Gasteiger partial charge in [-0.2, -0.15) is 0 Å².